The Hall–Kier alpha value is -2.21. The van der Waals surface area contributed by atoms with Gasteiger partial charge in [0, 0.05) is 19.2 Å². The van der Waals surface area contributed by atoms with E-state index in [-0.39, 0.29) is 6.54 Å². The summed E-state index contributed by atoms with van der Waals surface area (Å²) in [6.07, 6.45) is 7.55. The smallest absolute Gasteiger partial charge is 0.309 e. The number of benzene rings is 1. The molecule has 1 aliphatic rings. The summed E-state index contributed by atoms with van der Waals surface area (Å²) in [5.41, 5.74) is 0.602. The van der Waals surface area contributed by atoms with E-state index in [2.05, 4.69) is 16.7 Å². The van der Waals surface area contributed by atoms with Crippen molar-refractivity contribution < 1.29 is 18.7 Å². The highest BCUT2D eigenvalue weighted by Gasteiger charge is 2.30. The molecule has 142 valence electrons. The summed E-state index contributed by atoms with van der Waals surface area (Å²) in [6.45, 7) is 2.09. The third-order valence-electron chi connectivity index (χ3n) is 4.80. The number of carbonyl (C=O) groups is 2. The van der Waals surface area contributed by atoms with E-state index in [4.69, 9.17) is 4.74 Å². The van der Waals surface area contributed by atoms with Gasteiger partial charge in [0.15, 0.2) is 0 Å². The molecule has 1 atom stereocenters. The number of allylic oxidation sites excluding steroid dienone is 1. The van der Waals surface area contributed by atoms with Gasteiger partial charge in [-0.2, -0.15) is 0 Å². The Morgan fingerprint density at radius 2 is 1.92 bits per heavy atom. The van der Waals surface area contributed by atoms with Crippen molar-refractivity contribution in [2.75, 3.05) is 20.2 Å². The van der Waals surface area contributed by atoms with Crippen molar-refractivity contribution in [3.8, 4) is 0 Å². The molecule has 0 unspecified atom stereocenters. The summed E-state index contributed by atoms with van der Waals surface area (Å²) in [5, 5.41) is 5.16. The minimum atomic E-state index is -1.06. The SMILES string of the molecule is CO[C@@](C)(CNC(=O)C(=O)NCCC1=CCCCC1)c1ccccc1F. The molecule has 0 radical (unpaired) electrons. The molecule has 0 saturated carbocycles. The van der Waals surface area contributed by atoms with Gasteiger partial charge >= 0.3 is 11.8 Å². The van der Waals surface area contributed by atoms with Crippen molar-refractivity contribution in [2.45, 2.75) is 44.6 Å². The third-order valence-corrected chi connectivity index (χ3v) is 4.80. The summed E-state index contributed by atoms with van der Waals surface area (Å²) in [5.74, 6) is -1.85. The maximum Gasteiger partial charge on any atom is 0.309 e. The predicted octanol–water partition coefficient (Wildman–Crippen LogP) is 2.81. The Morgan fingerprint density at radius 3 is 2.58 bits per heavy atom. The number of hydrogen-bond acceptors (Lipinski definition) is 3. The molecule has 0 spiro atoms. The average molecular weight is 362 g/mol. The number of methoxy groups -OCH3 is 1. The van der Waals surface area contributed by atoms with Gasteiger partial charge in [-0.25, -0.2) is 4.39 Å². The van der Waals surface area contributed by atoms with Crippen molar-refractivity contribution in [1.82, 2.24) is 10.6 Å². The van der Waals surface area contributed by atoms with Crippen LogP contribution in [-0.2, 0) is 19.9 Å². The Morgan fingerprint density at radius 1 is 1.19 bits per heavy atom. The van der Waals surface area contributed by atoms with E-state index in [1.807, 2.05) is 0 Å². The highest BCUT2D eigenvalue weighted by atomic mass is 19.1. The van der Waals surface area contributed by atoms with Gasteiger partial charge in [-0.3, -0.25) is 9.59 Å². The lowest BCUT2D eigenvalue weighted by Crippen LogP contribution is -2.46. The van der Waals surface area contributed by atoms with Crippen LogP contribution < -0.4 is 10.6 Å². The van der Waals surface area contributed by atoms with Crippen LogP contribution in [0.3, 0.4) is 0 Å². The summed E-state index contributed by atoms with van der Waals surface area (Å²) in [4.78, 5) is 24.0. The van der Waals surface area contributed by atoms with Crippen LogP contribution in [0.2, 0.25) is 0 Å². The first-order chi connectivity index (χ1) is 12.5. The highest BCUT2D eigenvalue weighted by Crippen LogP contribution is 2.26. The van der Waals surface area contributed by atoms with E-state index < -0.39 is 23.2 Å². The molecular weight excluding hydrogens is 335 g/mol. The van der Waals surface area contributed by atoms with Crippen molar-refractivity contribution >= 4 is 11.8 Å². The number of rotatable bonds is 7. The van der Waals surface area contributed by atoms with Crippen LogP contribution in [0, 0.1) is 5.82 Å². The second kappa shape index (κ2) is 9.48. The van der Waals surface area contributed by atoms with Crippen LogP contribution >= 0.6 is 0 Å². The van der Waals surface area contributed by atoms with Crippen LogP contribution in [0.4, 0.5) is 4.39 Å². The van der Waals surface area contributed by atoms with E-state index in [1.54, 1.807) is 25.1 Å². The summed E-state index contributed by atoms with van der Waals surface area (Å²) in [6, 6.07) is 6.22. The van der Waals surface area contributed by atoms with Crippen molar-refractivity contribution in [2.24, 2.45) is 0 Å². The first-order valence-electron chi connectivity index (χ1n) is 9.00. The predicted molar refractivity (Wildman–Crippen MR) is 97.9 cm³/mol. The number of ether oxygens (including phenoxy) is 1. The third kappa shape index (κ3) is 5.39. The van der Waals surface area contributed by atoms with Crippen molar-refractivity contribution in [3.63, 3.8) is 0 Å². The minimum Gasteiger partial charge on any atom is -0.372 e. The second-order valence-corrected chi connectivity index (χ2v) is 6.71. The van der Waals surface area contributed by atoms with Crippen LogP contribution in [0.5, 0.6) is 0 Å². The molecule has 1 aromatic rings. The minimum absolute atomic E-state index is 0.0121. The fourth-order valence-corrected chi connectivity index (χ4v) is 3.05. The molecule has 2 rings (SSSR count). The van der Waals surface area contributed by atoms with Gasteiger partial charge in [-0.05, 0) is 45.1 Å². The van der Waals surface area contributed by atoms with E-state index in [0.717, 1.165) is 19.3 Å². The van der Waals surface area contributed by atoms with Crippen LogP contribution in [0.15, 0.2) is 35.9 Å². The standard InChI is InChI=1S/C20H27FN2O3/c1-20(26-2,16-10-6-7-11-17(16)21)14-23-19(25)18(24)22-13-12-15-8-4-3-5-9-15/h6-8,10-11H,3-5,9,12-14H2,1-2H3,(H,22,24)(H,23,25)/t20-/m0/s1. The molecular formula is C20H27FN2O3. The lowest BCUT2D eigenvalue weighted by atomic mass is 9.95. The zero-order valence-electron chi connectivity index (χ0n) is 15.4. The number of carbonyl (C=O) groups excluding carboxylic acids is 2. The molecule has 1 aliphatic carbocycles. The van der Waals surface area contributed by atoms with E-state index in [1.165, 1.54) is 31.6 Å². The van der Waals surface area contributed by atoms with Crippen molar-refractivity contribution in [1.29, 1.82) is 0 Å². The molecule has 0 aromatic heterocycles. The van der Waals surface area contributed by atoms with Crippen LogP contribution in [0.1, 0.15) is 44.6 Å². The number of amides is 2. The molecule has 26 heavy (non-hydrogen) atoms. The van der Waals surface area contributed by atoms with Crippen LogP contribution in [-0.4, -0.2) is 32.0 Å². The van der Waals surface area contributed by atoms with Gasteiger partial charge < -0.3 is 15.4 Å². The zero-order valence-corrected chi connectivity index (χ0v) is 15.4. The topological polar surface area (TPSA) is 67.4 Å². The van der Waals surface area contributed by atoms with Gasteiger partial charge in [0.2, 0.25) is 0 Å². The van der Waals surface area contributed by atoms with E-state index >= 15 is 0 Å². The number of hydrogen-bond donors (Lipinski definition) is 2. The Kier molecular flexibility index (Phi) is 7.33. The molecule has 2 N–H and O–H groups in total. The molecule has 0 heterocycles. The van der Waals surface area contributed by atoms with Gasteiger partial charge in [0.05, 0.1) is 6.54 Å². The quantitative estimate of drug-likeness (QED) is 0.579. The monoisotopic (exact) mass is 362 g/mol. The largest absolute Gasteiger partial charge is 0.372 e. The first-order valence-corrected chi connectivity index (χ1v) is 9.00. The average Bonchev–Trinajstić information content (AvgIpc) is 2.67. The molecule has 0 fully saturated rings. The summed E-state index contributed by atoms with van der Waals surface area (Å²) in [7, 11) is 1.44. The molecule has 2 amide bonds. The maximum atomic E-state index is 14.0. The fourth-order valence-electron chi connectivity index (χ4n) is 3.05. The Labute approximate surface area is 154 Å². The normalized spacial score (nSPS) is 16.3. The molecule has 6 heteroatoms. The van der Waals surface area contributed by atoms with Crippen LogP contribution in [0.25, 0.3) is 0 Å². The maximum absolute atomic E-state index is 14.0. The first kappa shape index (κ1) is 20.1. The number of nitrogens with one attached hydrogen (secondary N) is 2. The lowest BCUT2D eigenvalue weighted by Gasteiger charge is -2.29. The Balaban J connectivity index is 1.83. The van der Waals surface area contributed by atoms with Gasteiger partial charge in [0.1, 0.15) is 11.4 Å². The molecule has 0 aliphatic heterocycles. The molecule has 5 nitrogen and oxygen atoms in total. The Bertz CT molecular complexity index is 675. The molecule has 1 aromatic carbocycles. The molecule has 0 saturated heterocycles. The summed E-state index contributed by atoms with van der Waals surface area (Å²) >= 11 is 0. The number of halogens is 1. The van der Waals surface area contributed by atoms with E-state index in [9.17, 15) is 14.0 Å². The second-order valence-electron chi connectivity index (χ2n) is 6.71. The lowest BCUT2D eigenvalue weighted by molar-refractivity contribution is -0.140. The fraction of sp³-hybridized carbons (Fsp3) is 0.500. The van der Waals surface area contributed by atoms with Gasteiger partial charge in [-0.15, -0.1) is 0 Å². The van der Waals surface area contributed by atoms with Crippen molar-refractivity contribution in [3.05, 3.63) is 47.3 Å². The molecule has 0 bridgehead atoms. The highest BCUT2D eigenvalue weighted by molar-refractivity contribution is 6.35. The van der Waals surface area contributed by atoms with Gasteiger partial charge in [0.25, 0.3) is 0 Å². The van der Waals surface area contributed by atoms with E-state index in [0.29, 0.717) is 12.1 Å². The summed E-state index contributed by atoms with van der Waals surface area (Å²) < 4.78 is 19.4. The van der Waals surface area contributed by atoms with Gasteiger partial charge in [-0.1, -0.05) is 29.8 Å². The zero-order chi connectivity index (χ0) is 19.0.